The van der Waals surface area contributed by atoms with E-state index in [1.807, 2.05) is 6.92 Å². The fraction of sp³-hybridized carbons (Fsp3) is 0.800. The zero-order valence-corrected chi connectivity index (χ0v) is 11.2. The zero-order valence-electron chi connectivity index (χ0n) is 10.3. The van der Waals surface area contributed by atoms with Gasteiger partial charge in [-0.2, -0.15) is 0 Å². The lowest BCUT2D eigenvalue weighted by molar-refractivity contribution is 0.268. The van der Waals surface area contributed by atoms with Crippen molar-refractivity contribution in [1.82, 2.24) is 20.3 Å². The minimum absolute atomic E-state index is 0.0200. The van der Waals surface area contributed by atoms with Gasteiger partial charge in [-0.1, -0.05) is 5.21 Å². The molecule has 102 valence electrons. The van der Waals surface area contributed by atoms with Crippen LogP contribution in [0.25, 0.3) is 0 Å². The van der Waals surface area contributed by atoms with E-state index in [2.05, 4.69) is 15.6 Å². The van der Waals surface area contributed by atoms with E-state index < -0.39 is 9.84 Å². The summed E-state index contributed by atoms with van der Waals surface area (Å²) in [6, 6.07) is 0. The first-order valence-electron chi connectivity index (χ1n) is 5.88. The maximum absolute atomic E-state index is 11.4. The third-order valence-electron chi connectivity index (χ3n) is 3.11. The van der Waals surface area contributed by atoms with Gasteiger partial charge in [-0.3, -0.25) is 0 Å². The molecule has 2 rings (SSSR count). The van der Waals surface area contributed by atoms with Crippen LogP contribution in [0.4, 0.5) is 0 Å². The lowest BCUT2D eigenvalue weighted by atomic mass is 10.0. The molecule has 1 atom stereocenters. The number of aromatic nitrogens is 3. The third kappa shape index (κ3) is 3.27. The Labute approximate surface area is 106 Å². The van der Waals surface area contributed by atoms with Gasteiger partial charge in [0.2, 0.25) is 0 Å². The van der Waals surface area contributed by atoms with Crippen LogP contribution in [0.1, 0.15) is 19.0 Å². The van der Waals surface area contributed by atoms with E-state index in [1.54, 1.807) is 10.9 Å². The summed E-state index contributed by atoms with van der Waals surface area (Å²) in [6.45, 7) is 2.83. The van der Waals surface area contributed by atoms with Crippen LogP contribution in [0.15, 0.2) is 6.20 Å². The highest BCUT2D eigenvalue weighted by Crippen LogP contribution is 2.22. The standard InChI is InChI=1S/C10H18N4O3S/c1-10(2-5-18(16,17)8-10)11-6-9-7-14(3-4-15)13-12-9/h7,11,15H,2-6,8H2,1H3. The van der Waals surface area contributed by atoms with Crippen LogP contribution in [0.5, 0.6) is 0 Å². The first-order valence-corrected chi connectivity index (χ1v) is 7.70. The highest BCUT2D eigenvalue weighted by atomic mass is 32.2. The van der Waals surface area contributed by atoms with Crippen LogP contribution in [0, 0.1) is 0 Å². The normalized spacial score (nSPS) is 26.6. The molecule has 0 aliphatic carbocycles. The summed E-state index contributed by atoms with van der Waals surface area (Å²) in [5.41, 5.74) is 0.369. The molecule has 0 bridgehead atoms. The number of nitrogens with one attached hydrogen (secondary N) is 1. The molecule has 1 aromatic rings. The molecule has 1 aliphatic rings. The van der Waals surface area contributed by atoms with Crippen LogP contribution in [0.2, 0.25) is 0 Å². The summed E-state index contributed by atoms with van der Waals surface area (Å²) in [6.07, 6.45) is 2.37. The largest absolute Gasteiger partial charge is 0.394 e. The van der Waals surface area contributed by atoms with Crippen molar-refractivity contribution in [3.63, 3.8) is 0 Å². The Kier molecular flexibility index (Phi) is 3.69. The van der Waals surface area contributed by atoms with E-state index in [-0.39, 0.29) is 23.7 Å². The SMILES string of the molecule is CC1(NCc2cn(CCO)nn2)CCS(=O)(=O)C1. The van der Waals surface area contributed by atoms with E-state index in [1.165, 1.54) is 0 Å². The first kappa shape index (κ1) is 13.4. The molecule has 1 aliphatic heterocycles. The monoisotopic (exact) mass is 274 g/mol. The molecule has 1 aromatic heterocycles. The van der Waals surface area contributed by atoms with E-state index in [0.717, 1.165) is 5.69 Å². The van der Waals surface area contributed by atoms with Crippen LogP contribution < -0.4 is 5.32 Å². The maximum Gasteiger partial charge on any atom is 0.152 e. The second kappa shape index (κ2) is 4.94. The summed E-state index contributed by atoms with van der Waals surface area (Å²) in [5.74, 6) is 0.415. The summed E-state index contributed by atoms with van der Waals surface area (Å²) in [5, 5.41) is 19.8. The molecule has 1 unspecified atom stereocenters. The molecule has 0 saturated carbocycles. The zero-order chi connectivity index (χ0) is 13.2. The van der Waals surface area contributed by atoms with Crippen molar-refractivity contribution in [2.45, 2.75) is 32.0 Å². The highest BCUT2D eigenvalue weighted by molar-refractivity contribution is 7.91. The molecule has 2 heterocycles. The number of hydrogen-bond acceptors (Lipinski definition) is 6. The molecular formula is C10H18N4O3S. The molecule has 1 saturated heterocycles. The number of aliphatic hydroxyl groups excluding tert-OH is 1. The fourth-order valence-corrected chi connectivity index (χ4v) is 4.21. The van der Waals surface area contributed by atoms with E-state index in [4.69, 9.17) is 5.11 Å². The van der Waals surface area contributed by atoms with E-state index in [0.29, 0.717) is 19.5 Å². The maximum atomic E-state index is 11.4. The van der Waals surface area contributed by atoms with Gasteiger partial charge in [0.05, 0.1) is 30.4 Å². The fourth-order valence-electron chi connectivity index (χ4n) is 2.09. The Morgan fingerprint density at radius 1 is 1.61 bits per heavy atom. The van der Waals surface area contributed by atoms with Gasteiger partial charge in [0, 0.05) is 18.3 Å². The van der Waals surface area contributed by atoms with Gasteiger partial charge in [0.25, 0.3) is 0 Å². The van der Waals surface area contributed by atoms with Crippen LogP contribution in [-0.2, 0) is 22.9 Å². The van der Waals surface area contributed by atoms with Gasteiger partial charge in [0.15, 0.2) is 9.84 Å². The van der Waals surface area contributed by atoms with Gasteiger partial charge < -0.3 is 10.4 Å². The topological polar surface area (TPSA) is 97.1 Å². The quantitative estimate of drug-likeness (QED) is 0.710. The van der Waals surface area contributed by atoms with Crippen LogP contribution in [-0.4, -0.2) is 52.2 Å². The molecule has 0 radical (unpaired) electrons. The van der Waals surface area contributed by atoms with Gasteiger partial charge in [-0.25, -0.2) is 13.1 Å². The number of hydrogen-bond donors (Lipinski definition) is 2. The van der Waals surface area contributed by atoms with Crippen LogP contribution in [0.3, 0.4) is 0 Å². The van der Waals surface area contributed by atoms with Crippen molar-refractivity contribution in [2.24, 2.45) is 0 Å². The first-order chi connectivity index (χ1) is 8.42. The highest BCUT2D eigenvalue weighted by Gasteiger charge is 2.37. The minimum Gasteiger partial charge on any atom is -0.394 e. The van der Waals surface area contributed by atoms with E-state index >= 15 is 0 Å². The summed E-state index contributed by atoms with van der Waals surface area (Å²) < 4.78 is 24.5. The molecule has 8 heteroatoms. The van der Waals surface area contributed by atoms with E-state index in [9.17, 15) is 8.42 Å². The van der Waals surface area contributed by atoms with Crippen LogP contribution >= 0.6 is 0 Å². The third-order valence-corrected chi connectivity index (χ3v) is 5.02. The summed E-state index contributed by atoms with van der Waals surface area (Å²) in [4.78, 5) is 0. The van der Waals surface area contributed by atoms with Crippen molar-refractivity contribution < 1.29 is 13.5 Å². The Balaban J connectivity index is 1.91. The molecule has 0 aromatic carbocycles. The second-order valence-corrected chi connectivity index (χ2v) is 7.14. The Bertz CT molecular complexity index is 513. The number of aliphatic hydroxyl groups is 1. The smallest absolute Gasteiger partial charge is 0.152 e. The Morgan fingerprint density at radius 2 is 2.39 bits per heavy atom. The van der Waals surface area contributed by atoms with Crippen molar-refractivity contribution in [3.8, 4) is 0 Å². The Morgan fingerprint density at radius 3 is 3.00 bits per heavy atom. The summed E-state index contributed by atoms with van der Waals surface area (Å²) >= 11 is 0. The average Bonchev–Trinajstić information content (AvgIpc) is 2.82. The number of nitrogens with zero attached hydrogens (tertiary/aromatic N) is 3. The Hall–Kier alpha value is -0.990. The molecule has 7 nitrogen and oxygen atoms in total. The average molecular weight is 274 g/mol. The molecule has 1 fully saturated rings. The lowest BCUT2D eigenvalue weighted by Gasteiger charge is -2.23. The molecular weight excluding hydrogens is 256 g/mol. The predicted molar refractivity (Wildman–Crippen MR) is 65.6 cm³/mol. The summed E-state index contributed by atoms with van der Waals surface area (Å²) in [7, 11) is -2.90. The van der Waals surface area contributed by atoms with Crippen molar-refractivity contribution >= 4 is 9.84 Å². The predicted octanol–water partition coefficient (Wildman–Crippen LogP) is -1.06. The lowest BCUT2D eigenvalue weighted by Crippen LogP contribution is -2.42. The number of rotatable bonds is 5. The van der Waals surface area contributed by atoms with Gasteiger partial charge >= 0.3 is 0 Å². The minimum atomic E-state index is -2.90. The van der Waals surface area contributed by atoms with Gasteiger partial charge in [-0.05, 0) is 13.3 Å². The molecule has 0 amide bonds. The van der Waals surface area contributed by atoms with Gasteiger partial charge in [0.1, 0.15) is 0 Å². The molecule has 18 heavy (non-hydrogen) atoms. The van der Waals surface area contributed by atoms with Gasteiger partial charge in [-0.15, -0.1) is 5.10 Å². The molecule has 2 N–H and O–H groups in total. The van der Waals surface area contributed by atoms with Crippen molar-refractivity contribution in [2.75, 3.05) is 18.1 Å². The second-order valence-electron chi connectivity index (χ2n) is 4.95. The van der Waals surface area contributed by atoms with Crippen molar-refractivity contribution in [1.29, 1.82) is 0 Å². The van der Waals surface area contributed by atoms with Crippen molar-refractivity contribution in [3.05, 3.63) is 11.9 Å². The molecule has 0 spiro atoms. The number of sulfone groups is 1.